The van der Waals surface area contributed by atoms with E-state index in [1.807, 2.05) is 32.9 Å². The zero-order valence-corrected chi connectivity index (χ0v) is 16.6. The van der Waals surface area contributed by atoms with Crippen LogP contribution >= 0.6 is 0 Å². The Morgan fingerprint density at radius 2 is 2.00 bits per heavy atom. The first-order chi connectivity index (χ1) is 12.8. The van der Waals surface area contributed by atoms with Crippen LogP contribution in [0.4, 0.5) is 5.69 Å². The normalized spacial score (nSPS) is 17.8. The third-order valence-corrected chi connectivity index (χ3v) is 4.63. The molecule has 2 amide bonds. The lowest BCUT2D eigenvalue weighted by atomic mass is 10.0. The molecule has 1 aliphatic heterocycles. The van der Waals surface area contributed by atoms with Crippen LogP contribution in [0.5, 0.6) is 5.75 Å². The molecule has 1 aromatic carbocycles. The van der Waals surface area contributed by atoms with Gasteiger partial charge >= 0.3 is 5.97 Å². The molecule has 2 rings (SSSR count). The summed E-state index contributed by atoms with van der Waals surface area (Å²) in [5.41, 5.74) is 1.65. The van der Waals surface area contributed by atoms with E-state index < -0.39 is 17.9 Å². The van der Waals surface area contributed by atoms with Crippen molar-refractivity contribution in [2.24, 2.45) is 11.8 Å². The summed E-state index contributed by atoms with van der Waals surface area (Å²) < 4.78 is 10.1. The predicted octanol–water partition coefficient (Wildman–Crippen LogP) is 2.06. The summed E-state index contributed by atoms with van der Waals surface area (Å²) in [4.78, 5) is 38.7. The number of benzene rings is 1. The van der Waals surface area contributed by atoms with E-state index >= 15 is 0 Å². The second kappa shape index (κ2) is 8.88. The van der Waals surface area contributed by atoms with Gasteiger partial charge in [0.1, 0.15) is 11.8 Å². The standard InChI is InChI=1S/C20H28N2O5/c1-12(2)8-15(20(25)27-5)21-19(24)14-10-18(23)22(11-14)16-9-13(3)6-7-17(16)26-4/h6-7,9,12,14-15H,8,10-11H2,1-5H3,(H,21,24). The van der Waals surface area contributed by atoms with Crippen molar-refractivity contribution in [2.75, 3.05) is 25.7 Å². The third kappa shape index (κ3) is 4.99. The van der Waals surface area contributed by atoms with Gasteiger partial charge in [0.25, 0.3) is 0 Å². The van der Waals surface area contributed by atoms with E-state index in [0.29, 0.717) is 17.9 Å². The largest absolute Gasteiger partial charge is 0.495 e. The van der Waals surface area contributed by atoms with Crippen LogP contribution < -0.4 is 15.0 Å². The first-order valence-corrected chi connectivity index (χ1v) is 9.10. The fraction of sp³-hybridized carbons (Fsp3) is 0.550. The molecule has 27 heavy (non-hydrogen) atoms. The molecule has 1 aromatic rings. The summed E-state index contributed by atoms with van der Waals surface area (Å²) in [6.45, 7) is 6.11. The van der Waals surface area contributed by atoms with E-state index in [-0.39, 0.29) is 30.7 Å². The number of rotatable bonds is 7. The number of carbonyl (C=O) groups is 3. The minimum absolute atomic E-state index is 0.0957. The Bertz CT molecular complexity index is 716. The number of hydrogen-bond donors (Lipinski definition) is 1. The lowest BCUT2D eigenvalue weighted by Gasteiger charge is -2.22. The summed E-state index contributed by atoms with van der Waals surface area (Å²) >= 11 is 0. The topological polar surface area (TPSA) is 84.9 Å². The van der Waals surface area contributed by atoms with E-state index in [4.69, 9.17) is 9.47 Å². The van der Waals surface area contributed by atoms with Crippen LogP contribution in [0, 0.1) is 18.8 Å². The first-order valence-electron chi connectivity index (χ1n) is 9.10. The molecule has 2 atom stereocenters. The fourth-order valence-electron chi connectivity index (χ4n) is 3.24. The zero-order chi connectivity index (χ0) is 20.1. The molecule has 1 N–H and O–H groups in total. The maximum atomic E-state index is 12.7. The third-order valence-electron chi connectivity index (χ3n) is 4.63. The molecule has 0 aromatic heterocycles. The van der Waals surface area contributed by atoms with Crippen molar-refractivity contribution in [1.29, 1.82) is 0 Å². The Labute approximate surface area is 160 Å². The molecule has 0 radical (unpaired) electrons. The van der Waals surface area contributed by atoms with Crippen molar-refractivity contribution in [3.8, 4) is 5.75 Å². The number of aryl methyl sites for hydroxylation is 1. The van der Waals surface area contributed by atoms with Gasteiger partial charge in [0.05, 0.1) is 25.8 Å². The van der Waals surface area contributed by atoms with Gasteiger partial charge in [-0.1, -0.05) is 19.9 Å². The van der Waals surface area contributed by atoms with Gasteiger partial charge in [-0.3, -0.25) is 9.59 Å². The number of methoxy groups -OCH3 is 2. The fourth-order valence-corrected chi connectivity index (χ4v) is 3.24. The summed E-state index contributed by atoms with van der Waals surface area (Å²) in [5.74, 6) is -0.651. The van der Waals surface area contributed by atoms with Gasteiger partial charge in [0.15, 0.2) is 0 Å². The van der Waals surface area contributed by atoms with E-state index in [2.05, 4.69) is 5.32 Å². The maximum absolute atomic E-state index is 12.7. The summed E-state index contributed by atoms with van der Waals surface area (Å²) in [6, 6.07) is 4.87. The van der Waals surface area contributed by atoms with Crippen LogP contribution in [-0.2, 0) is 19.1 Å². The average molecular weight is 376 g/mol. The second-order valence-electron chi connectivity index (χ2n) is 7.29. The number of esters is 1. The van der Waals surface area contributed by atoms with E-state index in [1.165, 1.54) is 7.11 Å². The minimum Gasteiger partial charge on any atom is -0.495 e. The molecule has 1 heterocycles. The molecular weight excluding hydrogens is 348 g/mol. The molecule has 0 spiro atoms. The van der Waals surface area contributed by atoms with Crippen molar-refractivity contribution >= 4 is 23.5 Å². The molecule has 1 aliphatic rings. The van der Waals surface area contributed by atoms with Gasteiger partial charge in [-0.15, -0.1) is 0 Å². The Balaban J connectivity index is 2.13. The van der Waals surface area contributed by atoms with E-state index in [1.54, 1.807) is 18.1 Å². The van der Waals surface area contributed by atoms with Crippen LogP contribution in [0.1, 0.15) is 32.3 Å². The van der Waals surface area contributed by atoms with Gasteiger partial charge in [-0.25, -0.2) is 4.79 Å². The molecule has 0 aliphatic carbocycles. The smallest absolute Gasteiger partial charge is 0.328 e. The van der Waals surface area contributed by atoms with Crippen molar-refractivity contribution in [2.45, 2.75) is 39.7 Å². The van der Waals surface area contributed by atoms with E-state index in [9.17, 15) is 14.4 Å². The van der Waals surface area contributed by atoms with Gasteiger partial charge < -0.3 is 19.7 Å². The van der Waals surface area contributed by atoms with Crippen LogP contribution in [0.15, 0.2) is 18.2 Å². The number of ether oxygens (including phenoxy) is 2. The molecule has 2 unspecified atom stereocenters. The monoisotopic (exact) mass is 376 g/mol. The molecule has 1 fully saturated rings. The van der Waals surface area contributed by atoms with E-state index in [0.717, 1.165) is 5.56 Å². The number of nitrogens with one attached hydrogen (secondary N) is 1. The van der Waals surface area contributed by atoms with Gasteiger partial charge in [0.2, 0.25) is 11.8 Å². The van der Waals surface area contributed by atoms with Crippen molar-refractivity contribution in [3.63, 3.8) is 0 Å². The molecule has 0 saturated carbocycles. The van der Waals surface area contributed by atoms with Crippen LogP contribution in [-0.4, -0.2) is 44.6 Å². The molecule has 0 bridgehead atoms. The summed E-state index contributed by atoms with van der Waals surface area (Å²) in [6.07, 6.45) is 0.576. The SMILES string of the molecule is COC(=O)C(CC(C)C)NC(=O)C1CC(=O)N(c2cc(C)ccc2OC)C1. The number of nitrogens with zero attached hydrogens (tertiary/aromatic N) is 1. The molecule has 1 saturated heterocycles. The van der Waals surface area contributed by atoms with Gasteiger partial charge in [0, 0.05) is 13.0 Å². The number of hydrogen-bond acceptors (Lipinski definition) is 5. The average Bonchev–Trinajstić information content (AvgIpc) is 3.01. The van der Waals surface area contributed by atoms with Gasteiger partial charge in [-0.2, -0.15) is 0 Å². The first kappa shape index (κ1) is 20.7. The van der Waals surface area contributed by atoms with Crippen LogP contribution in [0.2, 0.25) is 0 Å². The molecule has 7 heteroatoms. The Kier molecular flexibility index (Phi) is 6.82. The molecule has 7 nitrogen and oxygen atoms in total. The number of anilines is 1. The zero-order valence-electron chi connectivity index (χ0n) is 16.6. The van der Waals surface area contributed by atoms with Crippen LogP contribution in [0.3, 0.4) is 0 Å². The highest BCUT2D eigenvalue weighted by atomic mass is 16.5. The second-order valence-corrected chi connectivity index (χ2v) is 7.29. The lowest BCUT2D eigenvalue weighted by molar-refractivity contribution is -0.146. The highest BCUT2D eigenvalue weighted by Gasteiger charge is 2.37. The number of carbonyl (C=O) groups excluding carboxylic acids is 3. The van der Waals surface area contributed by atoms with Crippen molar-refractivity contribution in [3.05, 3.63) is 23.8 Å². The Morgan fingerprint density at radius 3 is 2.59 bits per heavy atom. The number of amides is 2. The highest BCUT2D eigenvalue weighted by Crippen LogP contribution is 2.34. The highest BCUT2D eigenvalue weighted by molar-refractivity contribution is 6.01. The molecular formula is C20H28N2O5. The minimum atomic E-state index is -0.708. The van der Waals surface area contributed by atoms with Crippen molar-refractivity contribution in [1.82, 2.24) is 5.32 Å². The predicted molar refractivity (Wildman–Crippen MR) is 102 cm³/mol. The summed E-state index contributed by atoms with van der Waals surface area (Å²) in [7, 11) is 2.85. The van der Waals surface area contributed by atoms with Gasteiger partial charge in [-0.05, 0) is 37.0 Å². The lowest BCUT2D eigenvalue weighted by Crippen LogP contribution is -2.45. The quantitative estimate of drug-likeness (QED) is 0.737. The Morgan fingerprint density at radius 1 is 1.30 bits per heavy atom. The summed E-state index contributed by atoms with van der Waals surface area (Å²) in [5, 5.41) is 2.75. The maximum Gasteiger partial charge on any atom is 0.328 e. The molecule has 148 valence electrons. The van der Waals surface area contributed by atoms with Crippen LogP contribution in [0.25, 0.3) is 0 Å². The Hall–Kier alpha value is -2.57. The van der Waals surface area contributed by atoms with Crippen molar-refractivity contribution < 1.29 is 23.9 Å².